The number of hydrogen-bond acceptors (Lipinski definition) is 3. The second-order valence-electron chi connectivity index (χ2n) is 5.40. The molecule has 0 aromatic heterocycles. The first-order valence-corrected chi connectivity index (χ1v) is 8.55. The van der Waals surface area contributed by atoms with Crippen molar-refractivity contribution in [3.63, 3.8) is 0 Å². The van der Waals surface area contributed by atoms with Crippen LogP contribution in [0.2, 0.25) is 0 Å². The van der Waals surface area contributed by atoms with Gasteiger partial charge in [-0.1, -0.05) is 0 Å². The fourth-order valence-corrected chi connectivity index (χ4v) is 3.00. The molecule has 0 N–H and O–H groups in total. The average molecular weight is 384 g/mol. The van der Waals surface area contributed by atoms with E-state index in [9.17, 15) is 4.79 Å². The molecule has 0 saturated heterocycles. The first-order chi connectivity index (χ1) is 11.6. The van der Waals surface area contributed by atoms with Gasteiger partial charge in [-0.05, 0) is 0 Å². The number of hydrogen-bond donors (Lipinski definition) is 0. The van der Waals surface area contributed by atoms with Crippen molar-refractivity contribution < 1.29 is 9.53 Å². The molecule has 0 aliphatic carbocycles. The van der Waals surface area contributed by atoms with Gasteiger partial charge < -0.3 is 0 Å². The Morgan fingerprint density at radius 3 is 2.42 bits per heavy atom. The molecule has 0 atom stereocenters. The van der Waals surface area contributed by atoms with Crippen LogP contribution in [0.25, 0.3) is 6.08 Å². The zero-order valence-corrected chi connectivity index (χ0v) is 15.2. The molecule has 5 heteroatoms. The second kappa shape index (κ2) is 7.03. The molecule has 1 radical (unpaired) electrons. The molecule has 0 spiro atoms. The van der Waals surface area contributed by atoms with Crippen molar-refractivity contribution >= 4 is 38.4 Å². The average Bonchev–Trinajstić information content (AvgIpc) is 2.85. The van der Waals surface area contributed by atoms with Crippen LogP contribution in [0.5, 0.6) is 5.75 Å². The summed E-state index contributed by atoms with van der Waals surface area (Å²) in [6, 6.07) is 15.4. The number of amides is 1. The van der Waals surface area contributed by atoms with Gasteiger partial charge in [-0.15, -0.1) is 0 Å². The van der Waals surface area contributed by atoms with Gasteiger partial charge in [0.05, 0.1) is 0 Å². The van der Waals surface area contributed by atoms with Crippen LogP contribution >= 0.6 is 0 Å². The number of aryl methyl sites for hydroxylation is 1. The summed E-state index contributed by atoms with van der Waals surface area (Å²) in [7, 11) is 0. The van der Waals surface area contributed by atoms with Crippen LogP contribution in [0.1, 0.15) is 18.1 Å². The molecule has 3 rings (SSSR count). The SMILES string of the molecule is CCOc1ccc(/C=C2\N=C([Se])N(c3ccc(C)cc3)C2=O)cc1. The van der Waals surface area contributed by atoms with E-state index in [-0.39, 0.29) is 5.91 Å². The summed E-state index contributed by atoms with van der Waals surface area (Å²) < 4.78 is 5.98. The van der Waals surface area contributed by atoms with E-state index in [0.717, 1.165) is 22.6 Å². The molecule has 24 heavy (non-hydrogen) atoms. The zero-order chi connectivity index (χ0) is 17.1. The first-order valence-electron chi connectivity index (χ1n) is 7.70. The molecule has 0 saturated carbocycles. The van der Waals surface area contributed by atoms with Gasteiger partial charge in [-0.3, -0.25) is 0 Å². The number of anilines is 1. The molecule has 2 aromatic carbocycles. The normalized spacial score (nSPS) is 15.8. The molecule has 0 bridgehead atoms. The zero-order valence-electron chi connectivity index (χ0n) is 13.5. The van der Waals surface area contributed by atoms with E-state index in [1.807, 2.05) is 62.4 Å². The van der Waals surface area contributed by atoms with E-state index in [2.05, 4.69) is 21.0 Å². The molecule has 2 aromatic rings. The third kappa shape index (κ3) is 3.42. The van der Waals surface area contributed by atoms with Crippen molar-refractivity contribution in [2.45, 2.75) is 13.8 Å². The quantitative estimate of drug-likeness (QED) is 0.600. The summed E-state index contributed by atoms with van der Waals surface area (Å²) in [5.74, 6) is 0.674. The van der Waals surface area contributed by atoms with Gasteiger partial charge in [-0.2, -0.15) is 0 Å². The van der Waals surface area contributed by atoms with Crippen molar-refractivity contribution in [2.24, 2.45) is 4.99 Å². The number of carbonyl (C=O) groups is 1. The van der Waals surface area contributed by atoms with Crippen LogP contribution in [0.3, 0.4) is 0 Å². The minimum atomic E-state index is -0.138. The Morgan fingerprint density at radius 1 is 1.12 bits per heavy atom. The molecule has 1 aliphatic rings. The molecule has 1 aliphatic heterocycles. The van der Waals surface area contributed by atoms with E-state index in [1.165, 1.54) is 0 Å². The maximum atomic E-state index is 12.7. The first kappa shape index (κ1) is 16.5. The van der Waals surface area contributed by atoms with Gasteiger partial charge in [0.2, 0.25) is 0 Å². The number of aliphatic imine (C=N–C) groups is 1. The van der Waals surface area contributed by atoms with Crippen molar-refractivity contribution in [1.29, 1.82) is 0 Å². The Kier molecular flexibility index (Phi) is 4.84. The topological polar surface area (TPSA) is 41.9 Å². The van der Waals surface area contributed by atoms with E-state index in [1.54, 1.807) is 11.0 Å². The number of amidine groups is 1. The molecule has 4 nitrogen and oxygen atoms in total. The van der Waals surface area contributed by atoms with E-state index >= 15 is 0 Å². The maximum absolute atomic E-state index is 12.7. The van der Waals surface area contributed by atoms with Crippen molar-refractivity contribution in [2.75, 3.05) is 11.5 Å². The monoisotopic (exact) mass is 385 g/mol. The molecule has 1 amide bonds. The Hall–Kier alpha value is -2.36. The van der Waals surface area contributed by atoms with Crippen LogP contribution in [0, 0.1) is 6.92 Å². The Balaban J connectivity index is 1.85. The Labute approximate surface area is 149 Å². The predicted molar refractivity (Wildman–Crippen MR) is 97.4 cm³/mol. The van der Waals surface area contributed by atoms with Crippen molar-refractivity contribution in [3.8, 4) is 5.75 Å². The number of carbonyl (C=O) groups excluding carboxylic acids is 1. The van der Waals surface area contributed by atoms with Gasteiger partial charge in [0.15, 0.2) is 0 Å². The van der Waals surface area contributed by atoms with E-state index in [0.29, 0.717) is 17.0 Å². The third-order valence-electron chi connectivity index (χ3n) is 3.62. The molecular weight excluding hydrogens is 367 g/mol. The van der Waals surface area contributed by atoms with Crippen LogP contribution in [-0.4, -0.2) is 33.3 Å². The fourth-order valence-electron chi connectivity index (χ4n) is 2.40. The third-order valence-corrected chi connectivity index (χ3v) is 4.19. The van der Waals surface area contributed by atoms with Crippen molar-refractivity contribution in [1.82, 2.24) is 0 Å². The number of rotatable bonds is 4. The molecule has 121 valence electrons. The van der Waals surface area contributed by atoms with E-state index in [4.69, 9.17) is 4.74 Å². The standard InChI is InChI=1S/C19H17N2O2Se/c1-3-23-16-10-6-14(7-11-16)12-17-18(22)21(19(24)20-17)15-8-4-13(2)5-9-15/h4-12H,3H2,1-2H3/b17-12-. The van der Waals surface area contributed by atoms with Gasteiger partial charge in [0, 0.05) is 0 Å². The summed E-state index contributed by atoms with van der Waals surface area (Å²) >= 11 is 2.87. The van der Waals surface area contributed by atoms with Gasteiger partial charge in [-0.25, -0.2) is 0 Å². The van der Waals surface area contributed by atoms with Gasteiger partial charge >= 0.3 is 149 Å². The number of ether oxygens (including phenoxy) is 1. The number of benzene rings is 2. The van der Waals surface area contributed by atoms with Crippen LogP contribution < -0.4 is 9.64 Å². The second-order valence-corrected chi connectivity index (χ2v) is 6.17. The molecule has 0 unspecified atom stereocenters. The summed E-state index contributed by atoms with van der Waals surface area (Å²) in [6.45, 7) is 4.59. The summed E-state index contributed by atoms with van der Waals surface area (Å²) in [5, 5.41) is 0. The van der Waals surface area contributed by atoms with Crippen LogP contribution in [0.4, 0.5) is 5.69 Å². The van der Waals surface area contributed by atoms with Crippen LogP contribution in [-0.2, 0) is 4.79 Å². The van der Waals surface area contributed by atoms with Gasteiger partial charge in [0.1, 0.15) is 0 Å². The Morgan fingerprint density at radius 2 is 1.79 bits per heavy atom. The van der Waals surface area contributed by atoms with Gasteiger partial charge in [0.25, 0.3) is 0 Å². The van der Waals surface area contributed by atoms with Crippen molar-refractivity contribution in [3.05, 3.63) is 65.4 Å². The van der Waals surface area contributed by atoms with E-state index < -0.39 is 0 Å². The summed E-state index contributed by atoms with van der Waals surface area (Å²) in [6.07, 6.45) is 1.78. The predicted octanol–water partition coefficient (Wildman–Crippen LogP) is 3.31. The molecular formula is C19H17N2O2Se. The molecule has 1 heterocycles. The fraction of sp³-hybridized carbons (Fsp3) is 0.158. The number of nitrogens with zero attached hydrogens (tertiary/aromatic N) is 2. The molecule has 0 fully saturated rings. The Bertz CT molecular complexity index is 808. The van der Waals surface area contributed by atoms with Crippen LogP contribution in [0.15, 0.2) is 59.2 Å². The summed E-state index contributed by atoms with van der Waals surface area (Å²) in [5.41, 5.74) is 3.27. The summed E-state index contributed by atoms with van der Waals surface area (Å²) in [4.78, 5) is 18.6. The minimum absolute atomic E-state index is 0.138.